The lowest BCUT2D eigenvalue weighted by Gasteiger charge is -2.30. The number of allylic oxidation sites excluding steroid dienone is 2. The van der Waals surface area contributed by atoms with Gasteiger partial charge in [0.25, 0.3) is 0 Å². The number of nitrogens with zero attached hydrogens (tertiary/aromatic N) is 2. The average molecular weight is 404 g/mol. The molecule has 2 heterocycles. The normalized spacial score (nSPS) is 24.5. The summed E-state index contributed by atoms with van der Waals surface area (Å²) in [4.78, 5) is 41.0. The molecule has 2 fully saturated rings. The Balaban J connectivity index is 1.47. The maximum Gasteiger partial charge on any atom is 0.244 e. The molecule has 0 saturated carbocycles. The number of likely N-dealkylation sites (tertiary alicyclic amines) is 1. The Hall–Kier alpha value is -2.38. The SMILES string of the molecule is O=C(CN1C(=O)C2CC=CCC2C1=O)Nc1cc(Cl)ccc1N1CCOCC1. The van der Waals surface area contributed by atoms with E-state index in [4.69, 9.17) is 16.3 Å². The summed E-state index contributed by atoms with van der Waals surface area (Å²) in [7, 11) is 0. The van der Waals surface area contributed by atoms with Gasteiger partial charge in [-0.1, -0.05) is 23.8 Å². The van der Waals surface area contributed by atoms with E-state index in [1.54, 1.807) is 12.1 Å². The van der Waals surface area contributed by atoms with Gasteiger partial charge in [0.15, 0.2) is 0 Å². The quantitative estimate of drug-likeness (QED) is 0.615. The summed E-state index contributed by atoms with van der Waals surface area (Å²) >= 11 is 6.12. The monoisotopic (exact) mass is 403 g/mol. The number of imide groups is 1. The number of fused-ring (bicyclic) bond motifs is 1. The van der Waals surface area contributed by atoms with E-state index < -0.39 is 5.91 Å². The molecule has 2 atom stereocenters. The molecule has 0 bridgehead atoms. The number of carbonyl (C=O) groups is 3. The van der Waals surface area contributed by atoms with Crippen molar-refractivity contribution in [3.05, 3.63) is 35.4 Å². The number of carbonyl (C=O) groups excluding carboxylic acids is 3. The lowest BCUT2D eigenvalue weighted by Crippen LogP contribution is -2.39. The van der Waals surface area contributed by atoms with E-state index in [1.165, 1.54) is 0 Å². The van der Waals surface area contributed by atoms with Gasteiger partial charge in [0, 0.05) is 18.1 Å². The van der Waals surface area contributed by atoms with Gasteiger partial charge in [-0.25, -0.2) is 0 Å². The summed E-state index contributed by atoms with van der Waals surface area (Å²) in [6.45, 7) is 2.38. The van der Waals surface area contributed by atoms with Gasteiger partial charge in [-0.3, -0.25) is 19.3 Å². The van der Waals surface area contributed by atoms with Crippen LogP contribution in [0.1, 0.15) is 12.8 Å². The van der Waals surface area contributed by atoms with Gasteiger partial charge in [0.1, 0.15) is 6.54 Å². The molecule has 0 aromatic heterocycles. The first kappa shape index (κ1) is 19.0. The molecule has 2 aliphatic heterocycles. The van der Waals surface area contributed by atoms with Crippen molar-refractivity contribution in [1.29, 1.82) is 0 Å². The molecule has 2 saturated heterocycles. The van der Waals surface area contributed by atoms with E-state index in [2.05, 4.69) is 10.2 Å². The summed E-state index contributed by atoms with van der Waals surface area (Å²) < 4.78 is 5.38. The fourth-order valence-corrected chi connectivity index (χ4v) is 4.22. The number of halogens is 1. The summed E-state index contributed by atoms with van der Waals surface area (Å²) in [5.74, 6) is -1.59. The molecular formula is C20H22ClN3O4. The molecule has 1 aliphatic carbocycles. The first-order chi connectivity index (χ1) is 13.5. The van der Waals surface area contributed by atoms with E-state index in [0.717, 1.165) is 10.6 Å². The number of ether oxygens (including phenoxy) is 1. The minimum absolute atomic E-state index is 0.256. The lowest BCUT2D eigenvalue weighted by atomic mass is 9.85. The zero-order valence-electron chi connectivity index (χ0n) is 15.4. The maximum absolute atomic E-state index is 12.7. The topological polar surface area (TPSA) is 79.0 Å². The number of hydrogen-bond donors (Lipinski definition) is 1. The average Bonchev–Trinajstić information content (AvgIpc) is 2.94. The van der Waals surface area contributed by atoms with Crippen LogP contribution in [0.15, 0.2) is 30.4 Å². The molecule has 3 amide bonds. The highest BCUT2D eigenvalue weighted by Crippen LogP contribution is 2.35. The van der Waals surface area contributed by atoms with Crippen LogP contribution in [0.4, 0.5) is 11.4 Å². The van der Waals surface area contributed by atoms with Gasteiger partial charge >= 0.3 is 0 Å². The Morgan fingerprint density at radius 1 is 1.11 bits per heavy atom. The second-order valence-electron chi connectivity index (χ2n) is 7.23. The third-order valence-electron chi connectivity index (χ3n) is 5.49. The predicted octanol–water partition coefficient (Wildman–Crippen LogP) is 2.07. The molecule has 7 nitrogen and oxygen atoms in total. The number of amides is 3. The van der Waals surface area contributed by atoms with Crippen LogP contribution in [0, 0.1) is 11.8 Å². The number of benzene rings is 1. The van der Waals surface area contributed by atoms with E-state index >= 15 is 0 Å². The number of rotatable bonds is 4. The number of hydrogen-bond acceptors (Lipinski definition) is 5. The number of morpholine rings is 1. The minimum Gasteiger partial charge on any atom is -0.378 e. The second-order valence-corrected chi connectivity index (χ2v) is 7.66. The maximum atomic E-state index is 12.7. The molecule has 1 aromatic carbocycles. The highest BCUT2D eigenvalue weighted by molar-refractivity contribution is 6.31. The fraction of sp³-hybridized carbons (Fsp3) is 0.450. The van der Waals surface area contributed by atoms with Crippen molar-refractivity contribution in [2.45, 2.75) is 12.8 Å². The molecular weight excluding hydrogens is 382 g/mol. The van der Waals surface area contributed by atoms with Gasteiger partial charge in [0.05, 0.1) is 36.4 Å². The van der Waals surface area contributed by atoms with E-state index in [1.807, 2.05) is 18.2 Å². The Kier molecular flexibility index (Phi) is 5.37. The summed E-state index contributed by atoms with van der Waals surface area (Å²) in [5, 5.41) is 3.33. The number of nitrogens with one attached hydrogen (secondary N) is 1. The van der Waals surface area contributed by atoms with Crippen LogP contribution < -0.4 is 10.2 Å². The Bertz CT molecular complexity index is 809. The summed E-state index contributed by atoms with van der Waals surface area (Å²) in [5.41, 5.74) is 1.41. The summed E-state index contributed by atoms with van der Waals surface area (Å²) in [6.07, 6.45) is 4.97. The Labute approximate surface area is 168 Å². The van der Waals surface area contributed by atoms with Crippen LogP contribution in [-0.4, -0.2) is 55.5 Å². The minimum atomic E-state index is -0.412. The molecule has 1 N–H and O–H groups in total. The molecule has 8 heteroatoms. The molecule has 4 rings (SSSR count). The third-order valence-corrected chi connectivity index (χ3v) is 5.72. The van der Waals surface area contributed by atoms with E-state index in [9.17, 15) is 14.4 Å². The van der Waals surface area contributed by atoms with Gasteiger partial charge < -0.3 is 15.0 Å². The summed E-state index contributed by atoms with van der Waals surface area (Å²) in [6, 6.07) is 5.31. The molecule has 148 valence electrons. The van der Waals surface area contributed by atoms with Crippen molar-refractivity contribution in [2.75, 3.05) is 43.1 Å². The first-order valence-electron chi connectivity index (χ1n) is 9.47. The van der Waals surface area contributed by atoms with Crippen molar-refractivity contribution < 1.29 is 19.1 Å². The van der Waals surface area contributed by atoms with Crippen molar-refractivity contribution in [3.8, 4) is 0 Å². The lowest BCUT2D eigenvalue weighted by molar-refractivity contribution is -0.142. The number of anilines is 2. The van der Waals surface area contributed by atoms with E-state index in [-0.39, 0.29) is 30.2 Å². The van der Waals surface area contributed by atoms with Crippen molar-refractivity contribution in [1.82, 2.24) is 4.90 Å². The van der Waals surface area contributed by atoms with E-state index in [0.29, 0.717) is 49.9 Å². The zero-order valence-corrected chi connectivity index (χ0v) is 16.2. The zero-order chi connectivity index (χ0) is 19.7. The molecule has 0 spiro atoms. The smallest absolute Gasteiger partial charge is 0.244 e. The highest BCUT2D eigenvalue weighted by atomic mass is 35.5. The van der Waals surface area contributed by atoms with Crippen LogP contribution in [-0.2, 0) is 19.1 Å². The van der Waals surface area contributed by atoms with Gasteiger partial charge in [-0.2, -0.15) is 0 Å². The van der Waals surface area contributed by atoms with Crippen LogP contribution in [0.5, 0.6) is 0 Å². The largest absolute Gasteiger partial charge is 0.378 e. The molecule has 3 aliphatic rings. The molecule has 28 heavy (non-hydrogen) atoms. The standard InChI is InChI=1S/C20H22ClN3O4/c21-13-5-6-17(23-7-9-28-10-8-23)16(11-13)22-18(25)12-24-19(26)14-3-1-2-4-15(14)20(24)27/h1-2,5-6,11,14-15H,3-4,7-10,12H2,(H,22,25). The second kappa shape index (κ2) is 7.93. The van der Waals surface area contributed by atoms with Gasteiger partial charge in [-0.05, 0) is 31.0 Å². The van der Waals surface area contributed by atoms with Crippen LogP contribution in [0.2, 0.25) is 5.02 Å². The third kappa shape index (κ3) is 3.64. The highest BCUT2D eigenvalue weighted by Gasteiger charge is 2.47. The Morgan fingerprint density at radius 3 is 2.39 bits per heavy atom. The molecule has 2 unspecified atom stereocenters. The van der Waals surface area contributed by atoms with Crippen molar-refractivity contribution in [2.24, 2.45) is 11.8 Å². The molecule has 1 aromatic rings. The van der Waals surface area contributed by atoms with Crippen molar-refractivity contribution in [3.63, 3.8) is 0 Å². The first-order valence-corrected chi connectivity index (χ1v) is 9.84. The fourth-order valence-electron chi connectivity index (χ4n) is 4.05. The van der Waals surface area contributed by atoms with Crippen LogP contribution in [0.25, 0.3) is 0 Å². The van der Waals surface area contributed by atoms with Gasteiger partial charge in [0.2, 0.25) is 17.7 Å². The van der Waals surface area contributed by atoms with Crippen LogP contribution >= 0.6 is 11.6 Å². The Morgan fingerprint density at radius 2 is 1.75 bits per heavy atom. The predicted molar refractivity (Wildman–Crippen MR) is 105 cm³/mol. The van der Waals surface area contributed by atoms with Crippen molar-refractivity contribution >= 4 is 40.7 Å². The van der Waals surface area contributed by atoms with Crippen LogP contribution in [0.3, 0.4) is 0 Å². The molecule has 0 radical (unpaired) electrons. The van der Waals surface area contributed by atoms with Gasteiger partial charge in [-0.15, -0.1) is 0 Å².